The van der Waals surface area contributed by atoms with Gasteiger partial charge in [0.15, 0.2) is 0 Å². The van der Waals surface area contributed by atoms with Crippen molar-refractivity contribution in [3.63, 3.8) is 0 Å². The van der Waals surface area contributed by atoms with Crippen LogP contribution in [0.25, 0.3) is 34.4 Å². The number of benzene rings is 4. The fraction of sp³-hybridized carbons (Fsp3) is 0.263. The molecule has 4 aliphatic rings. The molecule has 2 unspecified atom stereocenters. The summed E-state index contributed by atoms with van der Waals surface area (Å²) in [7, 11) is 0. The van der Waals surface area contributed by atoms with E-state index in [1.54, 1.807) is 22.3 Å². The van der Waals surface area contributed by atoms with Crippen LogP contribution in [0.15, 0.2) is 108 Å². The first-order valence-electron chi connectivity index (χ1n) is 15.2. The molecule has 0 amide bonds. The molecule has 40 heavy (non-hydrogen) atoms. The van der Waals surface area contributed by atoms with E-state index in [1.165, 1.54) is 47.9 Å². The van der Waals surface area contributed by atoms with E-state index >= 15 is 0 Å². The molecule has 0 aliphatic heterocycles. The fourth-order valence-corrected chi connectivity index (χ4v) is 28.1. The van der Waals surface area contributed by atoms with Gasteiger partial charge in [0.1, 0.15) is 0 Å². The summed E-state index contributed by atoms with van der Waals surface area (Å²) in [6.07, 6.45) is 11.0. The van der Waals surface area contributed by atoms with Crippen LogP contribution >= 0.6 is 0 Å². The molecule has 196 valence electrons. The molecule has 4 aliphatic carbocycles. The molecule has 2 heteroatoms. The van der Waals surface area contributed by atoms with Gasteiger partial charge in [-0.3, -0.25) is 0 Å². The van der Waals surface area contributed by atoms with E-state index in [0.717, 1.165) is 19.1 Å². The zero-order valence-electron chi connectivity index (χ0n) is 23.5. The molecule has 2 atom stereocenters. The zero-order valence-corrected chi connectivity index (χ0v) is 27.0. The van der Waals surface area contributed by atoms with Gasteiger partial charge < -0.3 is 0 Å². The number of hydrogen-bond acceptors (Lipinski definition) is 0. The Morgan fingerprint density at radius 2 is 0.950 bits per heavy atom. The van der Waals surface area contributed by atoms with Crippen molar-refractivity contribution >= 4 is 17.6 Å². The van der Waals surface area contributed by atoms with Crippen molar-refractivity contribution in [1.29, 1.82) is 0 Å². The van der Waals surface area contributed by atoms with Crippen LogP contribution in [-0.2, 0) is 20.4 Å². The predicted octanol–water partition coefficient (Wildman–Crippen LogP) is 10.3. The molecule has 0 radical (unpaired) electrons. The molecule has 4 aromatic carbocycles. The second kappa shape index (κ2) is 10.1. The van der Waals surface area contributed by atoms with Crippen molar-refractivity contribution in [3.05, 3.63) is 130 Å². The second-order valence-electron chi connectivity index (χ2n) is 12.5. The van der Waals surface area contributed by atoms with E-state index < -0.39 is 25.8 Å². The number of fused-ring (bicyclic) bond motifs is 2. The van der Waals surface area contributed by atoms with E-state index in [-0.39, 0.29) is 0 Å². The number of allylic oxidation sites excluding steroid dienone is 2. The number of rotatable bonds is 6. The molecular formula is C38H36SiZr. The van der Waals surface area contributed by atoms with Gasteiger partial charge in [-0.1, -0.05) is 0 Å². The standard InChI is InChI=1S/2C18H15.C2H6Si.Zr/c2*1-2-5-14(6-3-1)17-8-4-7-15-11-16(12-18(15)17)13-9-10-13;1-3-2;/h2*1-8,11-13H,9-10H2;1-2H3;. The van der Waals surface area contributed by atoms with Crippen LogP contribution in [0.2, 0.25) is 13.1 Å². The molecule has 0 bridgehead atoms. The minimum atomic E-state index is -2.11. The van der Waals surface area contributed by atoms with E-state index in [1.807, 2.05) is 11.1 Å². The molecule has 8 rings (SSSR count). The van der Waals surface area contributed by atoms with E-state index in [4.69, 9.17) is 0 Å². The van der Waals surface area contributed by atoms with E-state index in [0.29, 0.717) is 0 Å². The van der Waals surface area contributed by atoms with Crippen LogP contribution in [0, 0.1) is 11.8 Å². The van der Waals surface area contributed by atoms with Crippen molar-refractivity contribution in [2.45, 2.75) is 46.0 Å². The zero-order chi connectivity index (χ0) is 26.8. The van der Waals surface area contributed by atoms with Gasteiger partial charge in [0.05, 0.1) is 0 Å². The molecule has 0 N–H and O–H groups in total. The second-order valence-corrected chi connectivity index (χ2v) is 30.4. The van der Waals surface area contributed by atoms with Gasteiger partial charge in [0, 0.05) is 0 Å². The Balaban J connectivity index is 1.31. The van der Waals surface area contributed by atoms with Gasteiger partial charge in [0.25, 0.3) is 0 Å². The molecular weight excluding hydrogens is 576 g/mol. The van der Waals surface area contributed by atoms with Crippen LogP contribution in [0.4, 0.5) is 0 Å². The molecule has 2 saturated carbocycles. The Labute approximate surface area is 247 Å². The third-order valence-corrected chi connectivity index (χ3v) is 29.0. The molecule has 0 aromatic heterocycles. The van der Waals surface area contributed by atoms with Gasteiger partial charge in [0.2, 0.25) is 0 Å². The average molecular weight is 612 g/mol. The Hall–Kier alpha value is -2.54. The van der Waals surface area contributed by atoms with Crippen molar-refractivity contribution in [2.24, 2.45) is 11.8 Å². The Bertz CT molecular complexity index is 1590. The van der Waals surface area contributed by atoms with Crippen molar-refractivity contribution in [3.8, 4) is 22.3 Å². The fourth-order valence-electron chi connectivity index (χ4n) is 7.57. The maximum absolute atomic E-state index is 2.70. The normalized spacial score (nSPS) is 20.9. The maximum atomic E-state index is 2.70. The summed E-state index contributed by atoms with van der Waals surface area (Å²) in [5, 5.41) is 0. The summed E-state index contributed by atoms with van der Waals surface area (Å²) in [6, 6.07) is 36.8. The summed E-state index contributed by atoms with van der Waals surface area (Å²) in [5.41, 5.74) is 15.3. The van der Waals surface area contributed by atoms with Crippen LogP contribution in [0.3, 0.4) is 0 Å². The molecule has 0 heterocycles. The van der Waals surface area contributed by atoms with Gasteiger partial charge >= 0.3 is 249 Å². The first-order valence-corrected chi connectivity index (χ1v) is 24.2. The third-order valence-electron chi connectivity index (χ3n) is 9.66. The quantitative estimate of drug-likeness (QED) is 0.190. The van der Waals surface area contributed by atoms with Gasteiger partial charge in [-0.2, -0.15) is 0 Å². The van der Waals surface area contributed by atoms with Crippen molar-refractivity contribution in [2.75, 3.05) is 0 Å². The molecule has 0 nitrogen and oxygen atoms in total. The van der Waals surface area contributed by atoms with Crippen LogP contribution in [-0.4, -0.2) is 5.43 Å². The molecule has 0 saturated heterocycles. The average Bonchev–Trinajstić information content (AvgIpc) is 3.93. The van der Waals surface area contributed by atoms with Crippen LogP contribution in [0.5, 0.6) is 0 Å². The van der Waals surface area contributed by atoms with Gasteiger partial charge in [-0.15, -0.1) is 0 Å². The molecule has 4 aromatic rings. The Morgan fingerprint density at radius 1 is 0.525 bits per heavy atom. The summed E-state index contributed by atoms with van der Waals surface area (Å²) >= 11 is -2.11. The number of hydrogen-bond donors (Lipinski definition) is 0. The van der Waals surface area contributed by atoms with Crippen LogP contribution in [0.1, 0.15) is 55.2 Å². The third kappa shape index (κ3) is 4.26. The first kappa shape index (κ1) is 25.2. The summed E-state index contributed by atoms with van der Waals surface area (Å²) in [5.74, 6) is 1.64. The Morgan fingerprint density at radius 3 is 1.32 bits per heavy atom. The summed E-state index contributed by atoms with van der Waals surface area (Å²) in [4.78, 5) is 0. The Kier molecular flexibility index (Phi) is 6.34. The van der Waals surface area contributed by atoms with Crippen molar-refractivity contribution < 1.29 is 20.4 Å². The van der Waals surface area contributed by atoms with Gasteiger partial charge in [-0.25, -0.2) is 0 Å². The topological polar surface area (TPSA) is 0 Å². The SMILES string of the molecule is C[Si](C)=[Zr]([CH]1C(C2CC2)=Cc2c(-c3ccccc3)cccc21)[CH]1C(C2CC2)=Cc2c(-c3ccccc3)cccc21. The van der Waals surface area contributed by atoms with Crippen molar-refractivity contribution in [1.82, 2.24) is 0 Å². The predicted molar refractivity (Wildman–Crippen MR) is 168 cm³/mol. The van der Waals surface area contributed by atoms with E-state index in [2.05, 4.69) is 122 Å². The molecule has 2 fully saturated rings. The van der Waals surface area contributed by atoms with E-state index in [9.17, 15) is 0 Å². The molecule has 0 spiro atoms. The summed E-state index contributed by atoms with van der Waals surface area (Å²) in [6.45, 7) is 5.37. The monoisotopic (exact) mass is 610 g/mol. The summed E-state index contributed by atoms with van der Waals surface area (Å²) < 4.78 is 1.46. The first-order chi connectivity index (χ1) is 19.7. The minimum absolute atomic E-state index is 0.436. The van der Waals surface area contributed by atoms with Gasteiger partial charge in [-0.05, 0) is 0 Å². The van der Waals surface area contributed by atoms with Crippen LogP contribution < -0.4 is 0 Å².